The topological polar surface area (TPSA) is 101 Å². The quantitative estimate of drug-likeness (QED) is 0.349. The second-order valence-corrected chi connectivity index (χ2v) is 6.36. The average Bonchev–Trinajstić information content (AvgIpc) is 2.00. The van der Waals surface area contributed by atoms with Gasteiger partial charge in [-0.15, -0.1) is 11.6 Å². The highest BCUT2D eigenvalue weighted by Gasteiger charge is 2.38. The Morgan fingerprint density at radius 2 is 1.92 bits per heavy atom. The van der Waals surface area contributed by atoms with E-state index in [9.17, 15) is 21.4 Å². The summed E-state index contributed by atoms with van der Waals surface area (Å²) in [6.07, 6.45) is -1.26. The highest BCUT2D eigenvalue weighted by atomic mass is 35.5. The Balaban J connectivity index is 2.76. The highest BCUT2D eigenvalue weighted by Crippen LogP contribution is 2.21. The lowest BCUT2D eigenvalue weighted by Crippen LogP contribution is -2.25. The lowest BCUT2D eigenvalue weighted by Gasteiger charge is -2.14. The molecule has 0 unspecified atom stereocenters. The molecule has 1 aliphatic heterocycles. The van der Waals surface area contributed by atoms with Gasteiger partial charge in [-0.1, -0.05) is 0 Å². The maximum Gasteiger partial charge on any atom is 0.217 e. The van der Waals surface area contributed by atoms with E-state index in [4.69, 9.17) is 11.6 Å². The zero-order valence-corrected chi connectivity index (χ0v) is 8.60. The Morgan fingerprint density at radius 3 is 2.23 bits per heavy atom. The van der Waals surface area contributed by atoms with Crippen LogP contribution < -0.4 is 0 Å². The number of rotatable bonds is 2. The van der Waals surface area contributed by atoms with E-state index in [2.05, 4.69) is 4.18 Å². The molecule has 1 saturated heterocycles. The first-order chi connectivity index (χ1) is 5.70. The second kappa shape index (κ2) is 3.35. The van der Waals surface area contributed by atoms with Gasteiger partial charge in [-0.2, -0.15) is 0 Å². The number of sulfone groups is 1. The molecule has 0 amide bonds. The molecule has 78 valence electrons. The maximum absolute atomic E-state index is 10.9. The Bertz CT molecular complexity index is 383. The van der Waals surface area contributed by atoms with Crippen LogP contribution in [0.15, 0.2) is 0 Å². The summed E-state index contributed by atoms with van der Waals surface area (Å²) < 4.78 is 56.0. The Morgan fingerprint density at radius 1 is 1.38 bits per heavy atom. The van der Waals surface area contributed by atoms with Crippen molar-refractivity contribution in [1.82, 2.24) is 0 Å². The number of hydrogen-bond donors (Lipinski definition) is 0. The number of halogens is 1. The van der Waals surface area contributed by atoms with Crippen LogP contribution in [-0.2, 0) is 24.4 Å². The van der Waals surface area contributed by atoms with E-state index in [1.165, 1.54) is 0 Å². The van der Waals surface area contributed by atoms with Crippen LogP contribution in [0.1, 0.15) is 0 Å². The third-order valence-electron chi connectivity index (χ3n) is 1.48. The summed E-state index contributed by atoms with van der Waals surface area (Å²) in [5.74, 6) is -0.891. The molecular weight excluding hydrogens is 244 g/mol. The average molecular weight is 250 g/mol. The van der Waals surface area contributed by atoms with Crippen molar-refractivity contribution < 1.29 is 25.6 Å². The van der Waals surface area contributed by atoms with Crippen LogP contribution in [0, 0.1) is 0 Å². The van der Waals surface area contributed by atoms with E-state index in [0.717, 1.165) is 0 Å². The molecule has 0 aromatic rings. The molecule has 6 nitrogen and oxygen atoms in total. The SMILES string of the molecule is O=S1(=O)C[C@@H](Cl)[C@@H](OS(=O)(=O)[O-])C1. The van der Waals surface area contributed by atoms with E-state index >= 15 is 0 Å². The summed E-state index contributed by atoms with van der Waals surface area (Å²) in [7, 11) is -8.27. The monoisotopic (exact) mass is 249 g/mol. The molecule has 1 aliphatic rings. The Kier molecular flexibility index (Phi) is 2.89. The third-order valence-corrected chi connectivity index (χ3v) is 4.28. The van der Waals surface area contributed by atoms with Crippen LogP contribution in [0.25, 0.3) is 0 Å². The van der Waals surface area contributed by atoms with Crippen LogP contribution in [0.4, 0.5) is 0 Å². The van der Waals surface area contributed by atoms with Crippen molar-refractivity contribution in [2.45, 2.75) is 11.5 Å². The van der Waals surface area contributed by atoms with Gasteiger partial charge in [-0.25, -0.2) is 16.8 Å². The Labute approximate surface area is 80.7 Å². The standard InChI is InChI=1S/C4H7ClO6S2/c5-3-1-12(6,7)2-4(3)11-13(8,9)10/h3-4H,1-2H2,(H,8,9,10)/p-1/t3-,4+/m1/s1. The molecular formula is C4H6ClO6S2-. The molecule has 0 N–H and O–H groups in total. The van der Waals surface area contributed by atoms with Crippen molar-refractivity contribution in [1.29, 1.82) is 0 Å². The van der Waals surface area contributed by atoms with Crippen molar-refractivity contribution in [2.75, 3.05) is 11.5 Å². The Hall–Kier alpha value is 0.110. The molecule has 0 aromatic heterocycles. The molecule has 0 radical (unpaired) electrons. The first-order valence-corrected chi connectivity index (χ1v) is 6.77. The molecule has 1 heterocycles. The molecule has 1 fully saturated rings. The summed E-state index contributed by atoms with van der Waals surface area (Å²) in [6.45, 7) is 0. The van der Waals surface area contributed by atoms with Gasteiger partial charge in [0, 0.05) is 0 Å². The van der Waals surface area contributed by atoms with E-state index in [1.807, 2.05) is 0 Å². The summed E-state index contributed by atoms with van der Waals surface area (Å²) in [4.78, 5) is 0. The summed E-state index contributed by atoms with van der Waals surface area (Å²) >= 11 is 5.46. The smallest absolute Gasteiger partial charge is 0.217 e. The van der Waals surface area contributed by atoms with Gasteiger partial charge in [0.1, 0.15) is 6.10 Å². The van der Waals surface area contributed by atoms with Crippen LogP contribution in [0.2, 0.25) is 0 Å². The summed E-state index contributed by atoms with van der Waals surface area (Å²) in [6, 6.07) is 0. The number of hydrogen-bond acceptors (Lipinski definition) is 6. The molecule has 1 rings (SSSR count). The van der Waals surface area contributed by atoms with E-state index in [0.29, 0.717) is 0 Å². The molecule has 9 heteroatoms. The summed E-state index contributed by atoms with van der Waals surface area (Å²) in [5, 5.41) is -0.978. The van der Waals surface area contributed by atoms with Crippen LogP contribution in [-0.4, -0.2) is 44.4 Å². The molecule has 0 bridgehead atoms. The van der Waals surface area contributed by atoms with Crippen molar-refractivity contribution in [3.05, 3.63) is 0 Å². The third kappa shape index (κ3) is 3.39. The van der Waals surface area contributed by atoms with Gasteiger partial charge in [-0.05, 0) is 0 Å². The van der Waals surface area contributed by atoms with Crippen molar-refractivity contribution in [2.24, 2.45) is 0 Å². The fourth-order valence-corrected chi connectivity index (χ4v) is 4.12. The first kappa shape index (κ1) is 11.2. The van der Waals surface area contributed by atoms with E-state index in [-0.39, 0.29) is 5.75 Å². The van der Waals surface area contributed by atoms with E-state index < -0.39 is 37.5 Å². The highest BCUT2D eigenvalue weighted by molar-refractivity contribution is 7.91. The van der Waals surface area contributed by atoms with Gasteiger partial charge >= 0.3 is 0 Å². The minimum atomic E-state index is -4.89. The zero-order chi connectivity index (χ0) is 10.3. The summed E-state index contributed by atoms with van der Waals surface area (Å²) in [5.41, 5.74) is 0. The largest absolute Gasteiger partial charge is 0.726 e. The molecule has 0 spiro atoms. The second-order valence-electron chi connectivity index (χ2n) is 2.64. The molecule has 2 atom stereocenters. The minimum absolute atomic E-state index is 0.366. The van der Waals surface area contributed by atoms with Gasteiger partial charge in [0.15, 0.2) is 9.84 Å². The fourth-order valence-electron chi connectivity index (χ4n) is 1.01. The fraction of sp³-hybridized carbons (Fsp3) is 1.00. The number of alkyl halides is 1. The van der Waals surface area contributed by atoms with E-state index in [1.54, 1.807) is 0 Å². The van der Waals surface area contributed by atoms with Gasteiger partial charge in [0.25, 0.3) is 0 Å². The lowest BCUT2D eigenvalue weighted by molar-refractivity contribution is 0.201. The normalized spacial score (nSPS) is 33.4. The van der Waals surface area contributed by atoms with Crippen molar-refractivity contribution >= 4 is 31.8 Å². The van der Waals surface area contributed by atoms with Crippen LogP contribution >= 0.6 is 11.6 Å². The van der Waals surface area contributed by atoms with Gasteiger partial charge in [0.2, 0.25) is 10.4 Å². The minimum Gasteiger partial charge on any atom is -0.726 e. The predicted octanol–water partition coefficient (Wildman–Crippen LogP) is -1.13. The molecule has 0 saturated carbocycles. The van der Waals surface area contributed by atoms with Gasteiger partial charge < -0.3 is 4.55 Å². The maximum atomic E-state index is 10.9. The molecule has 0 aromatic carbocycles. The zero-order valence-electron chi connectivity index (χ0n) is 6.21. The molecule has 13 heavy (non-hydrogen) atoms. The van der Waals surface area contributed by atoms with Crippen LogP contribution in [0.3, 0.4) is 0 Å². The lowest BCUT2D eigenvalue weighted by atomic mass is 10.3. The predicted molar refractivity (Wildman–Crippen MR) is 42.9 cm³/mol. The van der Waals surface area contributed by atoms with Crippen LogP contribution in [0.5, 0.6) is 0 Å². The van der Waals surface area contributed by atoms with Gasteiger partial charge in [-0.3, -0.25) is 4.18 Å². The van der Waals surface area contributed by atoms with Crippen molar-refractivity contribution in [3.63, 3.8) is 0 Å². The van der Waals surface area contributed by atoms with Crippen molar-refractivity contribution in [3.8, 4) is 0 Å². The van der Waals surface area contributed by atoms with Gasteiger partial charge in [0.05, 0.1) is 16.9 Å². The first-order valence-electron chi connectivity index (χ1n) is 3.18. The molecule has 0 aliphatic carbocycles.